The van der Waals surface area contributed by atoms with Gasteiger partial charge in [-0.25, -0.2) is 0 Å². The molecule has 2 aromatic rings. The molecule has 0 spiro atoms. The van der Waals surface area contributed by atoms with Gasteiger partial charge in [-0.1, -0.05) is 42.5 Å². The number of halogens is 2. The monoisotopic (exact) mass is 365 g/mol. The van der Waals surface area contributed by atoms with Crippen LogP contribution < -0.4 is 10.1 Å². The largest absolute Gasteiger partial charge is 0.491 e. The molecule has 3 rings (SSSR count). The molecule has 128 valence electrons. The van der Waals surface area contributed by atoms with Crippen LogP contribution in [0, 0.1) is 5.92 Å². The SMILES string of the molecule is O[C@@H](CNC[C@H]1CC1(Cl)Cl)COc1ccc(-c2ccccc2)cc1. The van der Waals surface area contributed by atoms with Gasteiger partial charge in [0.1, 0.15) is 22.8 Å². The summed E-state index contributed by atoms with van der Waals surface area (Å²) in [7, 11) is 0. The molecule has 0 aromatic heterocycles. The zero-order valence-corrected chi connectivity index (χ0v) is 14.8. The van der Waals surface area contributed by atoms with Crippen molar-refractivity contribution in [2.24, 2.45) is 5.92 Å². The molecule has 0 heterocycles. The Morgan fingerprint density at radius 2 is 1.71 bits per heavy atom. The zero-order valence-electron chi connectivity index (χ0n) is 13.3. The van der Waals surface area contributed by atoms with Gasteiger partial charge in [-0.3, -0.25) is 0 Å². The van der Waals surface area contributed by atoms with Crippen LogP contribution in [0.3, 0.4) is 0 Å². The Balaban J connectivity index is 1.40. The molecule has 5 heteroatoms. The first-order valence-electron chi connectivity index (χ1n) is 8.09. The van der Waals surface area contributed by atoms with Crippen molar-refractivity contribution in [3.63, 3.8) is 0 Å². The topological polar surface area (TPSA) is 41.5 Å². The van der Waals surface area contributed by atoms with E-state index in [9.17, 15) is 5.11 Å². The third kappa shape index (κ3) is 4.87. The first-order chi connectivity index (χ1) is 11.5. The molecule has 0 amide bonds. The van der Waals surface area contributed by atoms with E-state index >= 15 is 0 Å². The van der Waals surface area contributed by atoms with E-state index in [0.29, 0.717) is 6.54 Å². The van der Waals surface area contributed by atoms with Gasteiger partial charge in [0.25, 0.3) is 0 Å². The van der Waals surface area contributed by atoms with E-state index in [1.807, 2.05) is 42.5 Å². The second-order valence-corrected chi connectivity index (χ2v) is 7.72. The van der Waals surface area contributed by atoms with E-state index in [0.717, 1.165) is 24.3 Å². The van der Waals surface area contributed by atoms with Crippen molar-refractivity contribution < 1.29 is 9.84 Å². The van der Waals surface area contributed by atoms with Gasteiger partial charge in [0.2, 0.25) is 0 Å². The van der Waals surface area contributed by atoms with Crippen LogP contribution in [0.4, 0.5) is 0 Å². The molecular weight excluding hydrogens is 345 g/mol. The summed E-state index contributed by atoms with van der Waals surface area (Å²) in [5.41, 5.74) is 2.31. The van der Waals surface area contributed by atoms with E-state index in [1.165, 1.54) is 5.56 Å². The number of ether oxygens (including phenoxy) is 1. The second kappa shape index (κ2) is 7.75. The van der Waals surface area contributed by atoms with Crippen LogP contribution in [0.2, 0.25) is 0 Å². The Bertz CT molecular complexity index is 646. The van der Waals surface area contributed by atoms with Crippen molar-refractivity contribution in [3.05, 3.63) is 54.6 Å². The van der Waals surface area contributed by atoms with Crippen LogP contribution in [0.25, 0.3) is 11.1 Å². The minimum Gasteiger partial charge on any atom is -0.491 e. The van der Waals surface area contributed by atoms with Crippen LogP contribution in [-0.4, -0.2) is 35.2 Å². The van der Waals surface area contributed by atoms with E-state index in [-0.39, 0.29) is 12.5 Å². The lowest BCUT2D eigenvalue weighted by molar-refractivity contribution is 0.106. The van der Waals surface area contributed by atoms with E-state index in [1.54, 1.807) is 0 Å². The van der Waals surface area contributed by atoms with Crippen molar-refractivity contribution >= 4 is 23.2 Å². The maximum absolute atomic E-state index is 9.95. The third-order valence-corrected chi connectivity index (χ3v) is 5.06. The van der Waals surface area contributed by atoms with E-state index in [2.05, 4.69) is 17.4 Å². The fourth-order valence-corrected chi connectivity index (χ4v) is 3.07. The lowest BCUT2D eigenvalue weighted by atomic mass is 10.1. The summed E-state index contributed by atoms with van der Waals surface area (Å²) in [6, 6.07) is 18.0. The zero-order chi connectivity index (χ0) is 17.0. The first kappa shape index (κ1) is 17.6. The summed E-state index contributed by atoms with van der Waals surface area (Å²) in [5.74, 6) is 1.02. The predicted octanol–water partition coefficient (Wildman–Crippen LogP) is 3.88. The van der Waals surface area contributed by atoms with Crippen LogP contribution >= 0.6 is 23.2 Å². The molecular formula is C19H21Cl2NO2. The minimum absolute atomic E-state index is 0.245. The van der Waals surface area contributed by atoms with Crippen molar-refractivity contribution in [2.75, 3.05) is 19.7 Å². The van der Waals surface area contributed by atoms with Crippen molar-refractivity contribution in [1.29, 1.82) is 0 Å². The van der Waals surface area contributed by atoms with Gasteiger partial charge in [-0.05, 0) is 29.7 Å². The number of aliphatic hydroxyl groups is 1. The Morgan fingerprint density at radius 3 is 2.33 bits per heavy atom. The molecule has 1 saturated carbocycles. The second-order valence-electron chi connectivity index (χ2n) is 6.18. The number of hydrogen-bond acceptors (Lipinski definition) is 3. The predicted molar refractivity (Wildman–Crippen MR) is 98.8 cm³/mol. The number of hydrogen-bond donors (Lipinski definition) is 2. The quantitative estimate of drug-likeness (QED) is 0.697. The average molecular weight is 366 g/mol. The molecule has 2 N–H and O–H groups in total. The Kier molecular flexibility index (Phi) is 5.67. The number of nitrogens with one attached hydrogen (secondary N) is 1. The van der Waals surface area contributed by atoms with Gasteiger partial charge >= 0.3 is 0 Å². The number of benzene rings is 2. The molecule has 0 saturated heterocycles. The molecule has 24 heavy (non-hydrogen) atoms. The molecule has 3 nitrogen and oxygen atoms in total. The molecule has 1 aliphatic rings. The summed E-state index contributed by atoms with van der Waals surface area (Å²) in [4.78, 5) is 0. The van der Waals surface area contributed by atoms with Crippen LogP contribution in [0.5, 0.6) is 5.75 Å². The highest BCUT2D eigenvalue weighted by molar-refractivity contribution is 6.50. The van der Waals surface area contributed by atoms with Gasteiger partial charge < -0.3 is 15.2 Å². The van der Waals surface area contributed by atoms with Crippen LogP contribution in [-0.2, 0) is 0 Å². The van der Waals surface area contributed by atoms with E-state index < -0.39 is 10.4 Å². The molecule has 0 unspecified atom stereocenters. The highest BCUT2D eigenvalue weighted by Crippen LogP contribution is 2.52. The van der Waals surface area contributed by atoms with Crippen molar-refractivity contribution in [2.45, 2.75) is 16.9 Å². The number of alkyl halides is 2. The Hall–Kier alpha value is -1.26. The normalized spacial score (nSPS) is 19.7. The lowest BCUT2D eigenvalue weighted by Crippen LogP contribution is -2.33. The highest BCUT2D eigenvalue weighted by atomic mass is 35.5. The summed E-state index contributed by atoms with van der Waals surface area (Å²) in [6.45, 7) is 1.42. The summed E-state index contributed by atoms with van der Waals surface area (Å²) < 4.78 is 5.06. The molecule has 1 aliphatic carbocycles. The fraction of sp³-hybridized carbons (Fsp3) is 0.368. The van der Waals surface area contributed by atoms with Crippen molar-refractivity contribution in [1.82, 2.24) is 5.32 Å². The number of rotatable bonds is 8. The van der Waals surface area contributed by atoms with Gasteiger partial charge in [0.05, 0.1) is 0 Å². The van der Waals surface area contributed by atoms with Crippen molar-refractivity contribution in [3.8, 4) is 16.9 Å². The smallest absolute Gasteiger partial charge is 0.122 e. The van der Waals surface area contributed by atoms with Gasteiger partial charge in [0.15, 0.2) is 0 Å². The maximum Gasteiger partial charge on any atom is 0.122 e. The minimum atomic E-state index is -0.574. The fourth-order valence-electron chi connectivity index (χ4n) is 2.54. The lowest BCUT2D eigenvalue weighted by Gasteiger charge is -2.13. The first-order valence-corrected chi connectivity index (χ1v) is 8.85. The van der Waals surface area contributed by atoms with Gasteiger partial charge in [0, 0.05) is 19.0 Å². The van der Waals surface area contributed by atoms with Gasteiger partial charge in [-0.2, -0.15) is 0 Å². The summed E-state index contributed by atoms with van der Waals surface area (Å²) in [5, 5.41) is 13.1. The third-order valence-electron chi connectivity index (χ3n) is 4.13. The summed E-state index contributed by atoms with van der Waals surface area (Å²) >= 11 is 11.9. The average Bonchev–Trinajstić information content (AvgIpc) is 3.21. The van der Waals surface area contributed by atoms with Crippen LogP contribution in [0.15, 0.2) is 54.6 Å². The maximum atomic E-state index is 9.95. The molecule has 1 fully saturated rings. The summed E-state index contributed by atoms with van der Waals surface area (Å²) in [6.07, 6.45) is 0.237. The molecule has 0 bridgehead atoms. The number of aliphatic hydroxyl groups excluding tert-OH is 1. The Morgan fingerprint density at radius 1 is 1.08 bits per heavy atom. The Labute approximate surface area is 152 Å². The van der Waals surface area contributed by atoms with E-state index in [4.69, 9.17) is 27.9 Å². The molecule has 2 atom stereocenters. The molecule has 0 aliphatic heterocycles. The van der Waals surface area contributed by atoms with Gasteiger partial charge in [-0.15, -0.1) is 23.2 Å². The molecule has 2 aromatic carbocycles. The molecule has 0 radical (unpaired) electrons. The highest BCUT2D eigenvalue weighted by Gasteiger charge is 2.50. The standard InChI is InChI=1S/C19H21Cl2NO2/c20-19(21)10-16(19)11-22-12-17(23)13-24-18-8-6-15(7-9-18)14-4-2-1-3-5-14/h1-9,16-17,22-23H,10-13H2/t16-,17+/m1/s1. The van der Waals surface area contributed by atoms with Crippen LogP contribution in [0.1, 0.15) is 6.42 Å².